The zero-order valence-electron chi connectivity index (χ0n) is 4.17. The second-order valence-corrected chi connectivity index (χ2v) is 2.08. The number of ether oxygens (including phenoxy) is 1. The summed E-state index contributed by atoms with van der Waals surface area (Å²) in [5.74, 6) is 0. The minimum absolute atomic E-state index is 0.738. The number of rotatable bonds is 0. The third-order valence-corrected chi connectivity index (χ3v) is 1.16. The molecule has 0 saturated heterocycles. The van der Waals surface area contributed by atoms with Crippen molar-refractivity contribution < 1.29 is 4.74 Å². The van der Waals surface area contributed by atoms with E-state index in [-0.39, 0.29) is 0 Å². The number of halogens is 1. The molecule has 0 unspecified atom stereocenters. The number of allylic oxidation sites excluding steroid dienone is 4. The summed E-state index contributed by atoms with van der Waals surface area (Å²) in [5, 5.41) is 0. The van der Waals surface area contributed by atoms with E-state index in [4.69, 9.17) is 4.74 Å². The van der Waals surface area contributed by atoms with Gasteiger partial charge in [0, 0.05) is 0 Å². The van der Waals surface area contributed by atoms with Crippen molar-refractivity contribution in [2.24, 2.45) is 0 Å². The zero-order valence-corrected chi connectivity index (χ0v) is 5.76. The monoisotopic (exact) mass is 172 g/mol. The molecule has 42 valence electrons. The van der Waals surface area contributed by atoms with Gasteiger partial charge in [-0.1, -0.05) is 12.2 Å². The highest BCUT2D eigenvalue weighted by molar-refractivity contribution is 9.11. The fourth-order valence-electron chi connectivity index (χ4n) is 0.384. The largest absolute Gasteiger partial charge is 0.458 e. The van der Waals surface area contributed by atoms with Crippen LogP contribution in [0.1, 0.15) is 0 Å². The summed E-state index contributed by atoms with van der Waals surface area (Å²) in [5.41, 5.74) is 0. The maximum Gasteiger partial charge on any atom is 0.168 e. The lowest BCUT2D eigenvalue weighted by Crippen LogP contribution is -1.67. The summed E-state index contributed by atoms with van der Waals surface area (Å²) in [4.78, 5) is 0. The van der Waals surface area contributed by atoms with Crippen LogP contribution in [0.2, 0.25) is 0 Å². The molecule has 0 atom stereocenters. The summed E-state index contributed by atoms with van der Waals surface area (Å²) >= 11 is 3.17. The molecule has 1 heterocycles. The van der Waals surface area contributed by atoms with E-state index in [0.717, 1.165) is 4.67 Å². The van der Waals surface area contributed by atoms with Crippen molar-refractivity contribution in [1.82, 2.24) is 0 Å². The highest BCUT2D eigenvalue weighted by atomic mass is 79.9. The second-order valence-electron chi connectivity index (χ2n) is 1.30. The lowest BCUT2D eigenvalue weighted by molar-refractivity contribution is 0.392. The van der Waals surface area contributed by atoms with E-state index < -0.39 is 0 Å². The van der Waals surface area contributed by atoms with Crippen molar-refractivity contribution >= 4 is 15.9 Å². The summed E-state index contributed by atoms with van der Waals surface area (Å²) in [6, 6.07) is 0. The van der Waals surface area contributed by atoms with E-state index >= 15 is 0 Å². The summed E-state index contributed by atoms with van der Waals surface area (Å²) in [7, 11) is 0. The Hall–Kier alpha value is -0.500. The molecule has 0 aromatic heterocycles. The molecule has 0 aliphatic carbocycles. The highest BCUT2D eigenvalue weighted by Crippen LogP contribution is 2.08. The fraction of sp³-hybridized carbons (Fsp3) is 0. The van der Waals surface area contributed by atoms with E-state index in [9.17, 15) is 0 Å². The smallest absolute Gasteiger partial charge is 0.168 e. The Morgan fingerprint density at radius 1 is 1.25 bits per heavy atom. The van der Waals surface area contributed by atoms with Crippen molar-refractivity contribution in [1.29, 1.82) is 0 Å². The SMILES string of the molecule is BrC1=CC=CC=CO1. The molecule has 1 aliphatic rings. The van der Waals surface area contributed by atoms with Crippen LogP contribution in [0.4, 0.5) is 0 Å². The van der Waals surface area contributed by atoms with Gasteiger partial charge in [0.25, 0.3) is 0 Å². The average molecular weight is 173 g/mol. The van der Waals surface area contributed by atoms with Gasteiger partial charge in [0.15, 0.2) is 4.67 Å². The summed E-state index contributed by atoms with van der Waals surface area (Å²) in [6.07, 6.45) is 9.07. The Kier molecular flexibility index (Phi) is 1.92. The Bertz CT molecular complexity index is 156. The molecule has 1 aliphatic heterocycles. The standard InChI is InChI=1S/C6H5BrO/c7-6-4-2-1-3-5-8-6/h1-5H. The van der Waals surface area contributed by atoms with Crippen molar-refractivity contribution in [3.8, 4) is 0 Å². The predicted octanol–water partition coefficient (Wildman–Crippen LogP) is 2.32. The minimum atomic E-state index is 0.738. The Morgan fingerprint density at radius 3 is 3.00 bits per heavy atom. The van der Waals surface area contributed by atoms with E-state index in [1.807, 2.05) is 24.3 Å². The maximum atomic E-state index is 4.94. The van der Waals surface area contributed by atoms with Gasteiger partial charge in [-0.15, -0.1) is 0 Å². The molecule has 0 aromatic carbocycles. The van der Waals surface area contributed by atoms with Crippen molar-refractivity contribution in [2.45, 2.75) is 0 Å². The minimum Gasteiger partial charge on any atom is -0.458 e. The predicted molar refractivity (Wildman–Crippen MR) is 36.4 cm³/mol. The normalized spacial score (nSPS) is 16.9. The number of hydrogen-bond donors (Lipinski definition) is 0. The van der Waals surface area contributed by atoms with Crippen LogP contribution in [0.25, 0.3) is 0 Å². The second kappa shape index (κ2) is 2.72. The Labute approximate surface area is 56.5 Å². The average Bonchev–Trinajstić information content (AvgIpc) is 1.94. The van der Waals surface area contributed by atoms with Crippen LogP contribution in [0.5, 0.6) is 0 Å². The van der Waals surface area contributed by atoms with Gasteiger partial charge in [-0.05, 0) is 28.1 Å². The molecule has 0 aromatic rings. The van der Waals surface area contributed by atoms with E-state index in [2.05, 4.69) is 15.9 Å². The van der Waals surface area contributed by atoms with Gasteiger partial charge in [0.1, 0.15) is 0 Å². The quantitative estimate of drug-likeness (QED) is 0.546. The van der Waals surface area contributed by atoms with Crippen LogP contribution in [-0.4, -0.2) is 0 Å². The first-order valence-corrected chi connectivity index (χ1v) is 3.04. The van der Waals surface area contributed by atoms with Crippen LogP contribution in [0, 0.1) is 0 Å². The van der Waals surface area contributed by atoms with Gasteiger partial charge >= 0.3 is 0 Å². The molecule has 1 rings (SSSR count). The summed E-state index contributed by atoms with van der Waals surface area (Å²) < 4.78 is 5.68. The van der Waals surface area contributed by atoms with Gasteiger partial charge in [-0.2, -0.15) is 0 Å². The van der Waals surface area contributed by atoms with Gasteiger partial charge in [-0.3, -0.25) is 0 Å². The molecule has 0 fully saturated rings. The van der Waals surface area contributed by atoms with Gasteiger partial charge in [0.2, 0.25) is 0 Å². The van der Waals surface area contributed by atoms with Crippen LogP contribution in [-0.2, 0) is 4.74 Å². The molecule has 2 heteroatoms. The fourth-order valence-corrected chi connectivity index (χ4v) is 0.645. The molecule has 0 bridgehead atoms. The lowest BCUT2D eigenvalue weighted by Gasteiger charge is -1.90. The van der Waals surface area contributed by atoms with E-state index in [1.165, 1.54) is 0 Å². The van der Waals surface area contributed by atoms with Crippen LogP contribution in [0.15, 0.2) is 35.2 Å². The van der Waals surface area contributed by atoms with Crippen LogP contribution < -0.4 is 0 Å². The molecule has 1 nitrogen and oxygen atoms in total. The third-order valence-electron chi connectivity index (χ3n) is 0.709. The van der Waals surface area contributed by atoms with Gasteiger partial charge < -0.3 is 4.74 Å². The third kappa shape index (κ3) is 1.54. The Balaban J connectivity index is 2.69. The van der Waals surface area contributed by atoms with Crippen molar-refractivity contribution in [2.75, 3.05) is 0 Å². The van der Waals surface area contributed by atoms with E-state index in [0.29, 0.717) is 0 Å². The molecule has 0 N–H and O–H groups in total. The first kappa shape index (κ1) is 5.63. The molecule has 0 amide bonds. The molecule has 0 saturated carbocycles. The molecule has 8 heavy (non-hydrogen) atoms. The molecular formula is C6H5BrO. The lowest BCUT2D eigenvalue weighted by atomic mass is 10.5. The van der Waals surface area contributed by atoms with Gasteiger partial charge in [-0.25, -0.2) is 0 Å². The maximum absolute atomic E-state index is 4.94. The van der Waals surface area contributed by atoms with Crippen LogP contribution in [0.3, 0.4) is 0 Å². The summed E-state index contributed by atoms with van der Waals surface area (Å²) in [6.45, 7) is 0. The topological polar surface area (TPSA) is 9.23 Å². The highest BCUT2D eigenvalue weighted by Gasteiger charge is 1.85. The Morgan fingerprint density at radius 2 is 2.12 bits per heavy atom. The first-order valence-electron chi connectivity index (χ1n) is 2.25. The zero-order chi connectivity index (χ0) is 5.82. The number of hydrogen-bond acceptors (Lipinski definition) is 1. The van der Waals surface area contributed by atoms with Crippen LogP contribution >= 0.6 is 15.9 Å². The van der Waals surface area contributed by atoms with Crippen molar-refractivity contribution in [3.63, 3.8) is 0 Å². The van der Waals surface area contributed by atoms with Crippen molar-refractivity contribution in [3.05, 3.63) is 35.2 Å². The molecular weight excluding hydrogens is 168 g/mol. The molecule has 0 spiro atoms. The first-order chi connectivity index (χ1) is 3.89. The van der Waals surface area contributed by atoms with E-state index in [1.54, 1.807) is 6.26 Å². The molecule has 0 radical (unpaired) electrons. The van der Waals surface area contributed by atoms with Gasteiger partial charge in [0.05, 0.1) is 6.26 Å².